The van der Waals surface area contributed by atoms with Gasteiger partial charge in [0.2, 0.25) is 0 Å². The first-order chi connectivity index (χ1) is 6.10. The first kappa shape index (κ1) is 8.70. The average molecular weight is 179 g/mol. The molecule has 0 amide bonds. The van der Waals surface area contributed by atoms with Gasteiger partial charge >= 0.3 is 0 Å². The molecule has 1 aromatic carbocycles. The Morgan fingerprint density at radius 1 is 1.46 bits per heavy atom. The summed E-state index contributed by atoms with van der Waals surface area (Å²) in [6.07, 6.45) is 2.05. The molecule has 1 saturated carbocycles. The Morgan fingerprint density at radius 2 is 2.00 bits per heavy atom. The summed E-state index contributed by atoms with van der Waals surface area (Å²) in [5, 5.41) is 0. The molecule has 1 aromatic rings. The van der Waals surface area contributed by atoms with E-state index < -0.39 is 0 Å². The van der Waals surface area contributed by atoms with Gasteiger partial charge in [0.25, 0.3) is 0 Å². The number of hydrogen-bond acceptors (Lipinski definition) is 1. The molecule has 1 nitrogen and oxygen atoms in total. The standard InChI is InChI=1S/C11H14FN/c1-11(7-10(11)13)6-8-2-4-9(12)5-3-8/h2-5,10H,6-7,13H2,1H3. The lowest BCUT2D eigenvalue weighted by Gasteiger charge is -2.08. The number of rotatable bonds is 2. The molecule has 13 heavy (non-hydrogen) atoms. The SMILES string of the molecule is CC1(Cc2ccc(F)cc2)CC1N. The van der Waals surface area contributed by atoms with Crippen molar-refractivity contribution in [3.8, 4) is 0 Å². The number of hydrogen-bond donors (Lipinski definition) is 1. The van der Waals surface area contributed by atoms with Crippen LogP contribution >= 0.6 is 0 Å². The van der Waals surface area contributed by atoms with Crippen molar-refractivity contribution in [1.82, 2.24) is 0 Å². The molecule has 0 radical (unpaired) electrons. The van der Waals surface area contributed by atoms with Crippen molar-refractivity contribution in [1.29, 1.82) is 0 Å². The highest BCUT2D eigenvalue weighted by Gasteiger charge is 2.46. The van der Waals surface area contributed by atoms with E-state index in [0.29, 0.717) is 6.04 Å². The first-order valence-electron chi connectivity index (χ1n) is 4.60. The van der Waals surface area contributed by atoms with Crippen LogP contribution in [0.1, 0.15) is 18.9 Å². The minimum Gasteiger partial charge on any atom is -0.327 e. The van der Waals surface area contributed by atoms with Gasteiger partial charge in [-0.15, -0.1) is 0 Å². The molecule has 1 fully saturated rings. The summed E-state index contributed by atoms with van der Waals surface area (Å²) in [5.41, 5.74) is 7.24. The van der Waals surface area contributed by atoms with Gasteiger partial charge in [-0.2, -0.15) is 0 Å². The molecule has 0 aromatic heterocycles. The van der Waals surface area contributed by atoms with E-state index >= 15 is 0 Å². The van der Waals surface area contributed by atoms with E-state index in [1.807, 2.05) is 12.1 Å². The second kappa shape index (κ2) is 2.81. The maximum Gasteiger partial charge on any atom is 0.123 e. The second-order valence-electron chi connectivity index (χ2n) is 4.27. The molecule has 0 saturated heterocycles. The highest BCUT2D eigenvalue weighted by Crippen LogP contribution is 2.46. The minimum absolute atomic E-state index is 0.172. The van der Waals surface area contributed by atoms with E-state index in [-0.39, 0.29) is 11.2 Å². The predicted molar refractivity (Wildman–Crippen MR) is 50.8 cm³/mol. The Bertz CT molecular complexity index is 306. The Morgan fingerprint density at radius 3 is 2.46 bits per heavy atom. The predicted octanol–water partition coefficient (Wildman–Crippen LogP) is 2.11. The van der Waals surface area contributed by atoms with Crippen LogP contribution in [0.2, 0.25) is 0 Å². The van der Waals surface area contributed by atoms with Crippen molar-refractivity contribution in [2.45, 2.75) is 25.8 Å². The van der Waals surface area contributed by atoms with Gasteiger partial charge < -0.3 is 5.73 Å². The highest BCUT2D eigenvalue weighted by molar-refractivity contribution is 5.21. The summed E-state index contributed by atoms with van der Waals surface area (Å²) < 4.78 is 12.6. The largest absolute Gasteiger partial charge is 0.327 e. The van der Waals surface area contributed by atoms with Crippen molar-refractivity contribution in [3.05, 3.63) is 35.6 Å². The van der Waals surface area contributed by atoms with Gasteiger partial charge in [-0.3, -0.25) is 0 Å². The highest BCUT2D eigenvalue weighted by atomic mass is 19.1. The van der Waals surface area contributed by atoms with Crippen LogP contribution in [0.25, 0.3) is 0 Å². The zero-order valence-corrected chi connectivity index (χ0v) is 7.76. The fourth-order valence-corrected chi connectivity index (χ4v) is 1.72. The Hall–Kier alpha value is -0.890. The molecule has 0 spiro atoms. The second-order valence-corrected chi connectivity index (χ2v) is 4.27. The first-order valence-corrected chi connectivity index (χ1v) is 4.60. The van der Waals surface area contributed by atoms with Gasteiger partial charge in [0.15, 0.2) is 0 Å². The van der Waals surface area contributed by atoms with Crippen LogP contribution in [-0.2, 0) is 6.42 Å². The molecule has 1 aliphatic carbocycles. The van der Waals surface area contributed by atoms with Crippen LogP contribution in [-0.4, -0.2) is 6.04 Å². The van der Waals surface area contributed by atoms with E-state index in [0.717, 1.165) is 12.8 Å². The molecule has 2 unspecified atom stereocenters. The molecule has 2 heteroatoms. The van der Waals surface area contributed by atoms with Gasteiger partial charge in [0, 0.05) is 6.04 Å². The molecular weight excluding hydrogens is 165 g/mol. The molecule has 2 rings (SSSR count). The third-order valence-electron chi connectivity index (χ3n) is 2.94. The van der Waals surface area contributed by atoms with Crippen molar-refractivity contribution in [3.63, 3.8) is 0 Å². The molecule has 2 atom stereocenters. The fourth-order valence-electron chi connectivity index (χ4n) is 1.72. The number of benzene rings is 1. The van der Waals surface area contributed by atoms with Crippen LogP contribution in [0.5, 0.6) is 0 Å². The molecule has 0 aliphatic heterocycles. The van der Waals surface area contributed by atoms with E-state index in [9.17, 15) is 4.39 Å². The van der Waals surface area contributed by atoms with Gasteiger partial charge in [0.1, 0.15) is 5.82 Å². The summed E-state index contributed by atoms with van der Waals surface area (Å²) in [6, 6.07) is 7.02. The molecule has 0 heterocycles. The van der Waals surface area contributed by atoms with Crippen LogP contribution in [0.4, 0.5) is 4.39 Å². The van der Waals surface area contributed by atoms with Gasteiger partial charge in [-0.25, -0.2) is 4.39 Å². The molecule has 0 bridgehead atoms. The van der Waals surface area contributed by atoms with Crippen LogP contribution in [0, 0.1) is 11.2 Å². The molecule has 2 N–H and O–H groups in total. The number of halogens is 1. The third kappa shape index (κ3) is 1.73. The molecular formula is C11H14FN. The molecule has 70 valence electrons. The fraction of sp³-hybridized carbons (Fsp3) is 0.455. The summed E-state index contributed by atoms with van der Waals surface area (Å²) >= 11 is 0. The Labute approximate surface area is 77.8 Å². The van der Waals surface area contributed by atoms with Crippen LogP contribution in [0.15, 0.2) is 24.3 Å². The minimum atomic E-state index is -0.172. The summed E-state index contributed by atoms with van der Waals surface area (Å²) in [5.74, 6) is -0.172. The maximum absolute atomic E-state index is 12.6. The zero-order valence-electron chi connectivity index (χ0n) is 7.76. The summed E-state index contributed by atoms with van der Waals surface area (Å²) in [7, 11) is 0. The topological polar surface area (TPSA) is 26.0 Å². The maximum atomic E-state index is 12.6. The Balaban J connectivity index is 2.07. The van der Waals surface area contributed by atoms with E-state index in [2.05, 4.69) is 6.92 Å². The van der Waals surface area contributed by atoms with Crippen molar-refractivity contribution in [2.24, 2.45) is 11.1 Å². The average Bonchev–Trinajstić information content (AvgIpc) is 2.65. The quantitative estimate of drug-likeness (QED) is 0.739. The van der Waals surface area contributed by atoms with Crippen LogP contribution < -0.4 is 5.73 Å². The third-order valence-corrected chi connectivity index (χ3v) is 2.94. The van der Waals surface area contributed by atoms with E-state index in [1.165, 1.54) is 17.7 Å². The van der Waals surface area contributed by atoms with E-state index in [1.54, 1.807) is 0 Å². The summed E-state index contributed by atoms with van der Waals surface area (Å²) in [4.78, 5) is 0. The van der Waals surface area contributed by atoms with Crippen LogP contribution in [0.3, 0.4) is 0 Å². The van der Waals surface area contributed by atoms with E-state index in [4.69, 9.17) is 5.73 Å². The van der Waals surface area contributed by atoms with Crippen molar-refractivity contribution < 1.29 is 4.39 Å². The smallest absolute Gasteiger partial charge is 0.123 e. The normalized spacial score (nSPS) is 31.8. The van der Waals surface area contributed by atoms with Crippen molar-refractivity contribution in [2.75, 3.05) is 0 Å². The lowest BCUT2D eigenvalue weighted by atomic mass is 9.98. The monoisotopic (exact) mass is 179 g/mol. The van der Waals surface area contributed by atoms with Crippen molar-refractivity contribution >= 4 is 0 Å². The lowest BCUT2D eigenvalue weighted by molar-refractivity contribution is 0.542. The van der Waals surface area contributed by atoms with Gasteiger partial charge in [-0.1, -0.05) is 19.1 Å². The van der Waals surface area contributed by atoms with Gasteiger partial charge in [-0.05, 0) is 36.0 Å². The lowest BCUT2D eigenvalue weighted by Crippen LogP contribution is -2.12. The number of nitrogens with two attached hydrogens (primary N) is 1. The summed E-state index contributed by atoms with van der Waals surface area (Å²) in [6.45, 7) is 2.18. The van der Waals surface area contributed by atoms with Gasteiger partial charge in [0.05, 0.1) is 0 Å². The Kier molecular flexibility index (Phi) is 1.88. The molecule has 1 aliphatic rings. The zero-order chi connectivity index (χ0) is 9.47.